The van der Waals surface area contributed by atoms with Crippen molar-refractivity contribution >= 4 is 17.7 Å². The van der Waals surface area contributed by atoms with Crippen LogP contribution >= 0.6 is 0 Å². The van der Waals surface area contributed by atoms with Gasteiger partial charge in [0.25, 0.3) is 5.89 Å². The molecule has 0 radical (unpaired) electrons. The largest absolute Gasteiger partial charge is 0.440 e. The molecule has 3 heterocycles. The average molecular weight is 415 g/mol. The molecular formula is C22H21N7O2. The summed E-state index contributed by atoms with van der Waals surface area (Å²) in [6.07, 6.45) is 5.74. The number of aryl methyl sites for hydroxylation is 2. The molecule has 0 saturated heterocycles. The van der Waals surface area contributed by atoms with Crippen molar-refractivity contribution in [2.75, 3.05) is 5.32 Å². The Balaban J connectivity index is 1.29. The number of oxazole rings is 1. The van der Waals surface area contributed by atoms with Crippen molar-refractivity contribution in [2.45, 2.75) is 25.3 Å². The third-order valence-corrected chi connectivity index (χ3v) is 5.31. The lowest BCUT2D eigenvalue weighted by atomic mass is 10.1. The summed E-state index contributed by atoms with van der Waals surface area (Å²) in [5, 5.41) is 10.2. The number of hydrogen-bond acceptors (Lipinski definition) is 7. The average Bonchev–Trinajstić information content (AvgIpc) is 3.16. The zero-order valence-corrected chi connectivity index (χ0v) is 17.1. The smallest absolute Gasteiger partial charge is 0.307 e. The molecule has 4 aromatic rings. The Hall–Kier alpha value is -4.01. The Morgan fingerprint density at radius 2 is 2.03 bits per heavy atom. The van der Waals surface area contributed by atoms with E-state index < -0.39 is 0 Å². The molecule has 0 unspecified atom stereocenters. The highest BCUT2D eigenvalue weighted by atomic mass is 16.4. The molecule has 31 heavy (non-hydrogen) atoms. The van der Waals surface area contributed by atoms with Crippen molar-refractivity contribution in [3.63, 3.8) is 0 Å². The van der Waals surface area contributed by atoms with Gasteiger partial charge in [-0.1, -0.05) is 30.3 Å². The lowest BCUT2D eigenvalue weighted by Crippen LogP contribution is -2.26. The normalized spacial score (nSPS) is 17.4. The van der Waals surface area contributed by atoms with Crippen LogP contribution in [-0.4, -0.2) is 36.7 Å². The number of aromatic nitrogens is 5. The quantitative estimate of drug-likeness (QED) is 0.497. The monoisotopic (exact) mass is 415 g/mol. The standard InChI is InChI=1S/C22H21N7O2/c1-13-11-23-22(27-18-8-9-24-29(18)2)28-19(13)17-12-31-21(26-17)20(30)25-16-10-15(16)14-6-4-3-5-7-14/h3-9,11-12,15-16H,10H2,1-2H3,(H,25,30)(H,23,27,28)/t15-,16-/m0/s1. The molecule has 2 N–H and O–H groups in total. The van der Waals surface area contributed by atoms with Crippen molar-refractivity contribution in [2.24, 2.45) is 7.05 Å². The second-order valence-electron chi connectivity index (χ2n) is 7.56. The van der Waals surface area contributed by atoms with E-state index in [1.54, 1.807) is 17.1 Å². The zero-order chi connectivity index (χ0) is 21.4. The number of carbonyl (C=O) groups excluding carboxylic acids is 1. The van der Waals surface area contributed by atoms with Crippen molar-refractivity contribution in [3.8, 4) is 11.4 Å². The summed E-state index contributed by atoms with van der Waals surface area (Å²) in [7, 11) is 1.82. The second kappa shape index (κ2) is 7.67. The first-order chi connectivity index (χ1) is 15.1. The molecule has 0 bridgehead atoms. The van der Waals surface area contributed by atoms with Crippen LogP contribution in [0.1, 0.15) is 34.2 Å². The predicted molar refractivity (Wildman–Crippen MR) is 114 cm³/mol. The summed E-state index contributed by atoms with van der Waals surface area (Å²) in [4.78, 5) is 25.8. The zero-order valence-electron chi connectivity index (χ0n) is 17.1. The van der Waals surface area contributed by atoms with E-state index in [0.29, 0.717) is 23.3 Å². The van der Waals surface area contributed by atoms with Crippen molar-refractivity contribution in [1.82, 2.24) is 30.0 Å². The number of anilines is 2. The minimum atomic E-state index is -0.324. The highest BCUT2D eigenvalue weighted by Crippen LogP contribution is 2.40. The molecule has 1 aliphatic carbocycles. The fourth-order valence-electron chi connectivity index (χ4n) is 3.51. The molecule has 0 spiro atoms. The van der Waals surface area contributed by atoms with Crippen LogP contribution < -0.4 is 10.6 Å². The Kier molecular flexibility index (Phi) is 4.70. The third kappa shape index (κ3) is 3.89. The lowest BCUT2D eigenvalue weighted by molar-refractivity contribution is 0.0915. The van der Waals surface area contributed by atoms with Gasteiger partial charge in [-0.2, -0.15) is 5.10 Å². The molecule has 1 amide bonds. The topological polar surface area (TPSA) is 111 Å². The minimum Gasteiger partial charge on any atom is -0.440 e. The predicted octanol–water partition coefficient (Wildman–Crippen LogP) is 3.20. The van der Waals surface area contributed by atoms with Gasteiger partial charge in [0.05, 0.1) is 6.20 Å². The maximum Gasteiger partial charge on any atom is 0.307 e. The Morgan fingerprint density at radius 3 is 2.81 bits per heavy atom. The van der Waals surface area contributed by atoms with E-state index in [4.69, 9.17) is 4.42 Å². The van der Waals surface area contributed by atoms with E-state index in [-0.39, 0.29) is 17.8 Å². The highest BCUT2D eigenvalue weighted by Gasteiger charge is 2.40. The first-order valence-electron chi connectivity index (χ1n) is 9.99. The van der Waals surface area contributed by atoms with Gasteiger partial charge in [0.2, 0.25) is 5.95 Å². The van der Waals surface area contributed by atoms with Gasteiger partial charge < -0.3 is 15.1 Å². The molecule has 1 saturated carbocycles. The highest BCUT2D eigenvalue weighted by molar-refractivity contribution is 5.90. The summed E-state index contributed by atoms with van der Waals surface area (Å²) >= 11 is 0. The Bertz CT molecular complexity index is 1230. The van der Waals surface area contributed by atoms with E-state index in [9.17, 15) is 4.79 Å². The number of carbonyl (C=O) groups is 1. The van der Waals surface area contributed by atoms with Crippen LogP contribution in [0.5, 0.6) is 0 Å². The Labute approximate surface area is 178 Å². The van der Waals surface area contributed by atoms with Gasteiger partial charge in [0, 0.05) is 31.3 Å². The maximum absolute atomic E-state index is 12.6. The molecule has 1 aromatic carbocycles. The first-order valence-corrected chi connectivity index (χ1v) is 9.99. The van der Waals surface area contributed by atoms with Crippen molar-refractivity contribution in [1.29, 1.82) is 0 Å². The third-order valence-electron chi connectivity index (χ3n) is 5.31. The van der Waals surface area contributed by atoms with Crippen LogP contribution in [0.4, 0.5) is 11.8 Å². The molecule has 9 heteroatoms. The van der Waals surface area contributed by atoms with Gasteiger partial charge in [-0.15, -0.1) is 0 Å². The summed E-state index contributed by atoms with van der Waals surface area (Å²) in [5.41, 5.74) is 3.12. The van der Waals surface area contributed by atoms with E-state index in [2.05, 4.69) is 42.8 Å². The number of rotatable bonds is 6. The molecule has 0 aliphatic heterocycles. The molecule has 1 fully saturated rings. The van der Waals surface area contributed by atoms with E-state index >= 15 is 0 Å². The fraction of sp³-hybridized carbons (Fsp3) is 0.227. The van der Waals surface area contributed by atoms with Gasteiger partial charge in [-0.25, -0.2) is 15.0 Å². The summed E-state index contributed by atoms with van der Waals surface area (Å²) in [6.45, 7) is 1.88. The van der Waals surface area contributed by atoms with E-state index in [1.807, 2.05) is 38.2 Å². The molecule has 5 rings (SSSR count). The lowest BCUT2D eigenvalue weighted by Gasteiger charge is -2.07. The molecule has 9 nitrogen and oxygen atoms in total. The number of nitrogens with zero attached hydrogens (tertiary/aromatic N) is 5. The Morgan fingerprint density at radius 1 is 1.19 bits per heavy atom. The van der Waals surface area contributed by atoms with Gasteiger partial charge in [-0.05, 0) is 24.5 Å². The van der Waals surface area contributed by atoms with Gasteiger partial charge in [-0.3, -0.25) is 9.48 Å². The number of hydrogen-bond donors (Lipinski definition) is 2. The molecule has 2 atom stereocenters. The summed E-state index contributed by atoms with van der Waals surface area (Å²) in [5.74, 6) is 1.20. The SMILES string of the molecule is Cc1cnc(Nc2ccnn2C)nc1-c1coc(C(=O)N[C@H]2C[C@H]2c2ccccc2)n1. The van der Waals surface area contributed by atoms with Crippen LogP contribution in [0.2, 0.25) is 0 Å². The fourth-order valence-corrected chi connectivity index (χ4v) is 3.51. The van der Waals surface area contributed by atoms with Crippen molar-refractivity contribution in [3.05, 3.63) is 72.1 Å². The summed E-state index contributed by atoms with van der Waals surface area (Å²) < 4.78 is 7.13. The molecule has 1 aliphatic rings. The van der Waals surface area contributed by atoms with Crippen LogP contribution in [0, 0.1) is 6.92 Å². The van der Waals surface area contributed by atoms with Crippen LogP contribution in [0.15, 0.2) is 59.5 Å². The van der Waals surface area contributed by atoms with Crippen LogP contribution in [0.3, 0.4) is 0 Å². The number of amides is 1. The first kappa shape index (κ1) is 19.0. The number of nitrogens with one attached hydrogen (secondary N) is 2. The van der Waals surface area contributed by atoms with Gasteiger partial charge >= 0.3 is 5.91 Å². The number of benzene rings is 1. The minimum absolute atomic E-state index is 0.0212. The van der Waals surface area contributed by atoms with E-state index in [0.717, 1.165) is 17.8 Å². The van der Waals surface area contributed by atoms with Crippen LogP contribution in [-0.2, 0) is 7.05 Å². The molecule has 3 aromatic heterocycles. The second-order valence-corrected chi connectivity index (χ2v) is 7.56. The van der Waals surface area contributed by atoms with Gasteiger partial charge in [0.15, 0.2) is 0 Å². The van der Waals surface area contributed by atoms with Crippen LogP contribution in [0.25, 0.3) is 11.4 Å². The summed E-state index contributed by atoms with van der Waals surface area (Å²) in [6, 6.07) is 12.1. The van der Waals surface area contributed by atoms with E-state index in [1.165, 1.54) is 11.8 Å². The molecular weight excluding hydrogens is 394 g/mol. The van der Waals surface area contributed by atoms with Gasteiger partial charge in [0.1, 0.15) is 23.5 Å². The maximum atomic E-state index is 12.6. The molecule has 156 valence electrons. The van der Waals surface area contributed by atoms with Crippen molar-refractivity contribution < 1.29 is 9.21 Å².